The van der Waals surface area contributed by atoms with Gasteiger partial charge >= 0.3 is 5.97 Å². The van der Waals surface area contributed by atoms with E-state index in [9.17, 15) is 9.18 Å². The van der Waals surface area contributed by atoms with Crippen LogP contribution in [0.25, 0.3) is 11.1 Å². The van der Waals surface area contributed by atoms with Gasteiger partial charge in [0.05, 0.1) is 6.42 Å². The molecule has 3 rings (SSSR count). The fourth-order valence-electron chi connectivity index (χ4n) is 3.19. The number of hydrogen-bond donors (Lipinski definition) is 1. The largest absolute Gasteiger partial charge is 0.489 e. The van der Waals surface area contributed by atoms with Crippen LogP contribution in [0.5, 0.6) is 5.75 Å². The molecule has 0 spiro atoms. The van der Waals surface area contributed by atoms with E-state index < -0.39 is 5.97 Å². The van der Waals surface area contributed by atoms with Gasteiger partial charge in [0.2, 0.25) is 0 Å². The lowest BCUT2D eigenvalue weighted by atomic mass is 9.93. The number of carboxylic acids is 1. The van der Waals surface area contributed by atoms with Gasteiger partial charge in [-0.05, 0) is 53.8 Å². The van der Waals surface area contributed by atoms with Crippen molar-refractivity contribution in [3.8, 4) is 16.9 Å². The minimum atomic E-state index is -0.804. The number of aromatic nitrogens is 1. The van der Waals surface area contributed by atoms with E-state index in [2.05, 4.69) is 4.98 Å². The van der Waals surface area contributed by atoms with Gasteiger partial charge in [-0.1, -0.05) is 31.2 Å². The van der Waals surface area contributed by atoms with Crippen LogP contribution in [-0.4, -0.2) is 16.1 Å². The molecule has 3 aromatic rings. The van der Waals surface area contributed by atoms with Crippen molar-refractivity contribution in [2.45, 2.75) is 32.3 Å². The summed E-state index contributed by atoms with van der Waals surface area (Å²) in [7, 11) is 0. The fraction of sp³-hybridized carbons (Fsp3) is 0.217. The summed E-state index contributed by atoms with van der Waals surface area (Å²) < 4.78 is 19.6. The molecular weight excluding hydrogens is 357 g/mol. The third-order valence-corrected chi connectivity index (χ3v) is 4.70. The number of hydrogen-bond acceptors (Lipinski definition) is 3. The molecule has 1 heterocycles. The molecule has 28 heavy (non-hydrogen) atoms. The minimum absolute atomic E-state index is 0.0213. The topological polar surface area (TPSA) is 59.4 Å². The Morgan fingerprint density at radius 1 is 1.18 bits per heavy atom. The van der Waals surface area contributed by atoms with Gasteiger partial charge in [-0.2, -0.15) is 0 Å². The Morgan fingerprint density at radius 2 is 1.96 bits per heavy atom. The van der Waals surface area contributed by atoms with Gasteiger partial charge in [0.25, 0.3) is 0 Å². The minimum Gasteiger partial charge on any atom is -0.489 e. The first kappa shape index (κ1) is 19.5. The maximum Gasteiger partial charge on any atom is 0.303 e. The summed E-state index contributed by atoms with van der Waals surface area (Å²) in [5.41, 5.74) is 3.47. The van der Waals surface area contributed by atoms with Crippen molar-refractivity contribution >= 4 is 5.97 Å². The lowest BCUT2D eigenvalue weighted by Crippen LogP contribution is -2.05. The third kappa shape index (κ3) is 4.94. The van der Waals surface area contributed by atoms with Gasteiger partial charge in [-0.25, -0.2) is 4.39 Å². The van der Waals surface area contributed by atoms with E-state index in [1.165, 1.54) is 12.1 Å². The van der Waals surface area contributed by atoms with Gasteiger partial charge in [-0.15, -0.1) is 0 Å². The van der Waals surface area contributed by atoms with E-state index in [1.54, 1.807) is 18.5 Å². The summed E-state index contributed by atoms with van der Waals surface area (Å²) in [5.74, 6) is -0.496. The molecule has 0 aliphatic carbocycles. The molecule has 4 nitrogen and oxygen atoms in total. The zero-order valence-electron chi connectivity index (χ0n) is 15.6. The Balaban J connectivity index is 1.74. The number of carboxylic acid groups (broad SMARTS) is 1. The highest BCUT2D eigenvalue weighted by molar-refractivity contribution is 5.68. The summed E-state index contributed by atoms with van der Waals surface area (Å²) in [5, 5.41) is 9.02. The number of rotatable bonds is 8. The number of ether oxygens (including phenoxy) is 1. The zero-order valence-corrected chi connectivity index (χ0v) is 15.6. The SMILES string of the molecule is CCC(CC(=O)O)c1ccc(OCc2cc(F)ccc2-c2cccnc2)cc1. The number of pyridine rings is 1. The predicted molar refractivity (Wildman–Crippen MR) is 106 cm³/mol. The van der Waals surface area contributed by atoms with E-state index in [4.69, 9.17) is 9.84 Å². The van der Waals surface area contributed by atoms with Crippen molar-refractivity contribution in [1.29, 1.82) is 0 Å². The second kappa shape index (κ2) is 9.13. The van der Waals surface area contributed by atoms with Crippen LogP contribution in [0, 0.1) is 5.82 Å². The van der Waals surface area contributed by atoms with Crippen molar-refractivity contribution in [1.82, 2.24) is 4.98 Å². The number of aliphatic carboxylic acids is 1. The van der Waals surface area contributed by atoms with Crippen molar-refractivity contribution < 1.29 is 19.0 Å². The lowest BCUT2D eigenvalue weighted by molar-refractivity contribution is -0.137. The van der Waals surface area contributed by atoms with Gasteiger partial charge in [0.15, 0.2) is 0 Å². The van der Waals surface area contributed by atoms with Gasteiger partial charge in [0.1, 0.15) is 18.2 Å². The maximum absolute atomic E-state index is 13.8. The monoisotopic (exact) mass is 379 g/mol. The molecule has 0 aliphatic heterocycles. The first-order valence-electron chi connectivity index (χ1n) is 9.20. The quantitative estimate of drug-likeness (QED) is 0.566. The number of nitrogens with zero attached hydrogens (tertiary/aromatic N) is 1. The number of carbonyl (C=O) groups is 1. The second-order valence-electron chi connectivity index (χ2n) is 6.60. The van der Waals surface area contributed by atoms with Gasteiger partial charge < -0.3 is 9.84 Å². The molecule has 1 N–H and O–H groups in total. The van der Waals surface area contributed by atoms with Crippen LogP contribution in [-0.2, 0) is 11.4 Å². The summed E-state index contributed by atoms with van der Waals surface area (Å²) >= 11 is 0. The molecule has 144 valence electrons. The van der Waals surface area contributed by atoms with E-state index in [-0.39, 0.29) is 24.8 Å². The average molecular weight is 379 g/mol. The smallest absolute Gasteiger partial charge is 0.303 e. The number of benzene rings is 2. The van der Waals surface area contributed by atoms with Crippen molar-refractivity contribution in [2.24, 2.45) is 0 Å². The second-order valence-corrected chi connectivity index (χ2v) is 6.60. The Labute approximate surface area is 163 Å². The summed E-state index contributed by atoms with van der Waals surface area (Å²) in [6.45, 7) is 2.19. The first-order valence-corrected chi connectivity index (χ1v) is 9.20. The van der Waals surface area contributed by atoms with Crippen molar-refractivity contribution in [3.05, 3.63) is 83.9 Å². The highest BCUT2D eigenvalue weighted by Crippen LogP contribution is 2.27. The molecule has 0 bridgehead atoms. The highest BCUT2D eigenvalue weighted by atomic mass is 19.1. The van der Waals surface area contributed by atoms with Gasteiger partial charge in [-0.3, -0.25) is 9.78 Å². The fourth-order valence-corrected chi connectivity index (χ4v) is 3.19. The van der Waals surface area contributed by atoms with Crippen LogP contribution >= 0.6 is 0 Å². The number of halogens is 1. The van der Waals surface area contributed by atoms with Crippen LogP contribution < -0.4 is 4.74 Å². The van der Waals surface area contributed by atoms with E-state index in [0.717, 1.165) is 28.7 Å². The molecule has 0 saturated heterocycles. The van der Waals surface area contributed by atoms with Crippen LogP contribution in [0.2, 0.25) is 0 Å². The normalized spacial score (nSPS) is 11.8. The van der Waals surface area contributed by atoms with Crippen LogP contribution in [0.4, 0.5) is 4.39 Å². The molecule has 5 heteroatoms. The average Bonchev–Trinajstić information content (AvgIpc) is 2.71. The standard InChI is InChI=1S/C23H22FNO3/c1-2-16(13-23(26)27)17-5-8-21(9-6-17)28-15-19-12-20(24)7-10-22(19)18-4-3-11-25-14-18/h3-12,14,16H,2,13,15H2,1H3,(H,26,27). The van der Waals surface area contributed by atoms with E-state index >= 15 is 0 Å². The predicted octanol–water partition coefficient (Wildman–Crippen LogP) is 5.44. The molecule has 0 saturated carbocycles. The molecule has 0 amide bonds. The van der Waals surface area contributed by atoms with Crippen LogP contribution in [0.1, 0.15) is 36.8 Å². The van der Waals surface area contributed by atoms with Crippen molar-refractivity contribution in [3.63, 3.8) is 0 Å². The van der Waals surface area contributed by atoms with Gasteiger partial charge in [0, 0.05) is 23.5 Å². The lowest BCUT2D eigenvalue weighted by Gasteiger charge is -2.15. The molecule has 1 aromatic heterocycles. The summed E-state index contributed by atoms with van der Waals surface area (Å²) in [6.07, 6.45) is 4.29. The molecule has 0 radical (unpaired) electrons. The summed E-state index contributed by atoms with van der Waals surface area (Å²) in [4.78, 5) is 15.1. The highest BCUT2D eigenvalue weighted by Gasteiger charge is 2.14. The molecular formula is C23H22FNO3. The molecule has 2 aromatic carbocycles. The van der Waals surface area contributed by atoms with Crippen LogP contribution in [0.3, 0.4) is 0 Å². The third-order valence-electron chi connectivity index (χ3n) is 4.70. The molecule has 1 unspecified atom stereocenters. The summed E-state index contributed by atoms with van der Waals surface area (Å²) in [6, 6.07) is 15.8. The molecule has 1 atom stereocenters. The van der Waals surface area contributed by atoms with Crippen LogP contribution in [0.15, 0.2) is 67.0 Å². The Bertz CT molecular complexity index is 926. The Hall–Kier alpha value is -3.21. The molecule has 0 aliphatic rings. The van der Waals surface area contributed by atoms with E-state index in [1.807, 2.05) is 43.3 Å². The Kier molecular flexibility index (Phi) is 6.37. The van der Waals surface area contributed by atoms with E-state index in [0.29, 0.717) is 5.75 Å². The zero-order chi connectivity index (χ0) is 19.9. The maximum atomic E-state index is 13.8. The first-order chi connectivity index (χ1) is 13.6. The van der Waals surface area contributed by atoms with Crippen molar-refractivity contribution in [2.75, 3.05) is 0 Å². The Morgan fingerprint density at radius 3 is 2.61 bits per heavy atom. The molecule has 0 fully saturated rings.